The Morgan fingerprint density at radius 2 is 0.667 bits per heavy atom. The van der Waals surface area contributed by atoms with Crippen LogP contribution in [0.15, 0.2) is 0 Å². The maximum atomic E-state index is 8.52. The van der Waals surface area contributed by atoms with Crippen LogP contribution in [0.1, 0.15) is 0 Å². The number of rotatable bonds is 0. The maximum absolute atomic E-state index is 8.52. The molecule has 0 aliphatic carbocycles. The average Bonchev–Trinajstić information content (AvgIpc) is 1.12. The fourth-order valence-corrected chi connectivity index (χ4v) is 0. The zero-order valence-corrected chi connectivity index (χ0v) is 13.4. The summed E-state index contributed by atoms with van der Waals surface area (Å²) in [5.74, 6) is 0. The van der Waals surface area contributed by atoms with Crippen LogP contribution in [0.2, 0.25) is 0 Å². The van der Waals surface area contributed by atoms with Gasteiger partial charge in [0.25, 0.3) is 0 Å². The Morgan fingerprint density at radius 3 is 0.667 bits per heavy atom. The van der Waals surface area contributed by atoms with E-state index < -0.39 is 20.8 Å². The largest absolute Gasteiger partial charge is 2.00 e. The van der Waals surface area contributed by atoms with Crippen molar-refractivity contribution in [2.75, 3.05) is 0 Å². The summed E-state index contributed by atoms with van der Waals surface area (Å²) >= 11 is 0. The van der Waals surface area contributed by atoms with Gasteiger partial charge in [-0.2, -0.15) is 0 Å². The standard InChI is InChI=1S/Ca.Cd.2H2O4S/c;;2*1-5(2,3)4/h;;2*(H2,1,2,3,4)/q2*+2;;/p-4. The van der Waals surface area contributed by atoms with Gasteiger partial charge in [0.15, 0.2) is 0 Å². The molecule has 12 heteroatoms. The molecule has 64 valence electrons. The smallest absolute Gasteiger partial charge is 0.759 e. The predicted octanol–water partition coefficient (Wildman–Crippen LogP) is -3.06. The first-order chi connectivity index (χ1) is 4.00. The summed E-state index contributed by atoms with van der Waals surface area (Å²) in [6, 6.07) is 0. The van der Waals surface area contributed by atoms with Gasteiger partial charge in [-0.05, 0) is 0 Å². The molecule has 0 saturated carbocycles. The van der Waals surface area contributed by atoms with E-state index >= 15 is 0 Å². The topological polar surface area (TPSA) is 161 Å². The van der Waals surface area contributed by atoms with Crippen molar-refractivity contribution >= 4 is 58.5 Å². The molecular formula is CaCdO8S2. The van der Waals surface area contributed by atoms with Gasteiger partial charge in [0.05, 0.1) is 0 Å². The van der Waals surface area contributed by atoms with E-state index in [0.717, 1.165) is 0 Å². The van der Waals surface area contributed by atoms with Crippen LogP contribution in [0.4, 0.5) is 0 Å². The fourth-order valence-electron chi connectivity index (χ4n) is 0. The van der Waals surface area contributed by atoms with Gasteiger partial charge in [-0.1, -0.05) is 0 Å². The molecular weight excluding hydrogens is 345 g/mol. The van der Waals surface area contributed by atoms with E-state index in [1.807, 2.05) is 0 Å². The molecule has 0 atom stereocenters. The molecule has 0 aromatic heterocycles. The molecule has 0 spiro atoms. The molecule has 0 unspecified atom stereocenters. The third-order valence-electron chi connectivity index (χ3n) is 0. The molecule has 0 bridgehead atoms. The van der Waals surface area contributed by atoms with E-state index in [1.54, 1.807) is 0 Å². The van der Waals surface area contributed by atoms with Crippen LogP contribution in [-0.2, 0) is 48.1 Å². The van der Waals surface area contributed by atoms with Gasteiger partial charge in [0, 0.05) is 20.8 Å². The van der Waals surface area contributed by atoms with Crippen molar-refractivity contribution in [2.45, 2.75) is 0 Å². The van der Waals surface area contributed by atoms with Crippen molar-refractivity contribution in [3.05, 3.63) is 0 Å². The third-order valence-corrected chi connectivity index (χ3v) is 0. The molecule has 0 fully saturated rings. The van der Waals surface area contributed by atoms with Crippen LogP contribution >= 0.6 is 0 Å². The monoisotopic (exact) mass is 346 g/mol. The van der Waals surface area contributed by atoms with E-state index in [1.165, 1.54) is 0 Å². The van der Waals surface area contributed by atoms with Crippen LogP contribution in [0.5, 0.6) is 0 Å². The van der Waals surface area contributed by atoms with Crippen LogP contribution in [0, 0.1) is 0 Å². The number of hydrogen-bond acceptors (Lipinski definition) is 8. The quantitative estimate of drug-likeness (QED) is 0.254. The molecule has 0 radical (unpaired) electrons. The van der Waals surface area contributed by atoms with Crippen molar-refractivity contribution in [3.63, 3.8) is 0 Å². The fraction of sp³-hybridized carbons (Fsp3) is 0. The SMILES string of the molecule is O=S(=O)([O-])[O-].O=S(=O)([O-])[O-].[Ca+2].[Cd+2]. The van der Waals surface area contributed by atoms with Gasteiger partial charge >= 0.3 is 65.0 Å². The van der Waals surface area contributed by atoms with Gasteiger partial charge in [0.2, 0.25) is 0 Å². The van der Waals surface area contributed by atoms with E-state index in [0.29, 0.717) is 0 Å². The Morgan fingerprint density at radius 1 is 0.667 bits per heavy atom. The second kappa shape index (κ2) is 9.48. The van der Waals surface area contributed by atoms with E-state index in [-0.39, 0.29) is 65.0 Å². The zero-order chi connectivity index (χ0) is 9.00. The first-order valence-corrected chi connectivity index (χ1v) is 4.00. The van der Waals surface area contributed by atoms with Gasteiger partial charge in [-0.15, -0.1) is 0 Å². The Hall–Kier alpha value is 1.92. The molecule has 0 rings (SSSR count). The van der Waals surface area contributed by atoms with Crippen LogP contribution in [0.25, 0.3) is 0 Å². The van der Waals surface area contributed by atoms with Gasteiger partial charge in [-0.3, -0.25) is 16.8 Å². The molecule has 0 aliphatic rings. The first kappa shape index (κ1) is 23.6. The second-order valence-corrected chi connectivity index (χ2v) is 2.45. The average molecular weight is 345 g/mol. The van der Waals surface area contributed by atoms with E-state index in [9.17, 15) is 0 Å². The zero-order valence-electron chi connectivity index (χ0n) is 5.50. The van der Waals surface area contributed by atoms with Gasteiger partial charge in [-0.25, -0.2) is 0 Å². The van der Waals surface area contributed by atoms with E-state index in [2.05, 4.69) is 0 Å². The Labute approximate surface area is 119 Å². The first-order valence-electron chi connectivity index (χ1n) is 1.33. The normalized spacial score (nSPS) is 9.67. The van der Waals surface area contributed by atoms with Crippen molar-refractivity contribution in [2.24, 2.45) is 0 Å². The second-order valence-electron chi connectivity index (χ2n) is 0.816. The minimum Gasteiger partial charge on any atom is -0.759 e. The Kier molecular flexibility index (Phi) is 18.6. The molecule has 0 amide bonds. The molecule has 0 heterocycles. The molecule has 0 saturated heterocycles. The minimum absolute atomic E-state index is 0. The van der Waals surface area contributed by atoms with Gasteiger partial charge < -0.3 is 18.2 Å². The Balaban J connectivity index is -0.0000000457. The molecule has 0 aliphatic heterocycles. The molecule has 0 N–H and O–H groups in total. The van der Waals surface area contributed by atoms with Crippen LogP contribution in [-0.4, -0.2) is 72.8 Å². The number of hydrogen-bond donors (Lipinski definition) is 0. The minimum atomic E-state index is -5.17. The van der Waals surface area contributed by atoms with Crippen molar-refractivity contribution in [1.29, 1.82) is 0 Å². The maximum Gasteiger partial charge on any atom is 2.00 e. The molecule has 12 heavy (non-hydrogen) atoms. The van der Waals surface area contributed by atoms with Crippen molar-refractivity contribution in [3.8, 4) is 0 Å². The summed E-state index contributed by atoms with van der Waals surface area (Å²) in [7, 11) is -10.3. The summed E-state index contributed by atoms with van der Waals surface area (Å²) in [5.41, 5.74) is 0. The van der Waals surface area contributed by atoms with Gasteiger partial charge in [0.1, 0.15) is 0 Å². The summed E-state index contributed by atoms with van der Waals surface area (Å²) < 4.78 is 68.2. The van der Waals surface area contributed by atoms with E-state index in [4.69, 9.17) is 35.0 Å². The molecule has 0 aromatic rings. The van der Waals surface area contributed by atoms with Crippen LogP contribution < -0.4 is 0 Å². The summed E-state index contributed by atoms with van der Waals surface area (Å²) in [6.07, 6.45) is 0. The predicted molar refractivity (Wildman–Crippen MR) is 26.7 cm³/mol. The van der Waals surface area contributed by atoms with Crippen molar-refractivity contribution in [1.82, 2.24) is 0 Å². The summed E-state index contributed by atoms with van der Waals surface area (Å²) in [5, 5.41) is 0. The van der Waals surface area contributed by atoms with Crippen LogP contribution in [0.3, 0.4) is 0 Å². The molecule has 8 nitrogen and oxygen atoms in total. The van der Waals surface area contributed by atoms with Crippen molar-refractivity contribution < 1.29 is 62.3 Å². The molecule has 0 aromatic carbocycles. The summed E-state index contributed by atoms with van der Waals surface area (Å²) in [4.78, 5) is 0. The third kappa shape index (κ3) is 385. The Bertz CT molecular complexity index is 213. The summed E-state index contributed by atoms with van der Waals surface area (Å²) in [6.45, 7) is 0.